The van der Waals surface area contributed by atoms with Gasteiger partial charge in [0, 0.05) is 31.9 Å². The lowest BCUT2D eigenvalue weighted by atomic mass is 10.1. The molecule has 2 aromatic carbocycles. The summed E-state index contributed by atoms with van der Waals surface area (Å²) in [5.41, 5.74) is 4.86. The summed E-state index contributed by atoms with van der Waals surface area (Å²) in [4.78, 5) is 24.3. The number of benzene rings is 2. The summed E-state index contributed by atoms with van der Waals surface area (Å²) in [6, 6.07) is 11.7. The van der Waals surface area contributed by atoms with Gasteiger partial charge in [-0.05, 0) is 55.2 Å². The molecule has 2 aliphatic rings. The molecule has 0 aliphatic carbocycles. The number of hydrogen-bond donors (Lipinski definition) is 1. The van der Waals surface area contributed by atoms with E-state index in [2.05, 4.69) is 25.3 Å². The van der Waals surface area contributed by atoms with Gasteiger partial charge >= 0.3 is 0 Å². The molecule has 2 saturated heterocycles. The van der Waals surface area contributed by atoms with Crippen LogP contribution in [-0.2, 0) is 16.9 Å². The third-order valence-electron chi connectivity index (χ3n) is 7.63. The van der Waals surface area contributed by atoms with Gasteiger partial charge in [-0.1, -0.05) is 0 Å². The quantitative estimate of drug-likeness (QED) is 0.350. The number of anilines is 3. The number of nitrogens with zero attached hydrogens (tertiary/aromatic N) is 7. The molecule has 0 bridgehead atoms. The highest BCUT2D eigenvalue weighted by molar-refractivity contribution is 7.92. The van der Waals surface area contributed by atoms with Gasteiger partial charge in [-0.25, -0.2) is 33.3 Å². The lowest BCUT2D eigenvalue weighted by Crippen LogP contribution is -2.27. The molecular formula is C27H26N8O3S. The highest BCUT2D eigenvalue weighted by Gasteiger charge is 2.46. The second-order valence-electron chi connectivity index (χ2n) is 10.2. The second kappa shape index (κ2) is 8.87. The number of sulfone groups is 1. The van der Waals surface area contributed by atoms with E-state index in [9.17, 15) is 8.42 Å². The number of aromatic nitrogens is 6. The molecule has 2 aliphatic heterocycles. The lowest BCUT2D eigenvalue weighted by molar-refractivity contribution is 0.479. The smallest absolute Gasteiger partial charge is 0.226 e. The fourth-order valence-corrected chi connectivity index (χ4v) is 7.68. The molecule has 0 unspecified atom stereocenters. The SMILES string of the molecule is Cc1cc(Nc2ncnc3cnc(N4C[C@H]5CCS(=O)(=O)[C@H]5C4)nc23)ccc1Oc1ccc2c(c1)ncn2C. The number of fused-ring (bicyclic) bond motifs is 3. The molecule has 0 amide bonds. The average molecular weight is 543 g/mol. The van der Waals surface area contributed by atoms with Crippen molar-refractivity contribution in [3.05, 3.63) is 60.8 Å². The first-order chi connectivity index (χ1) is 18.8. The summed E-state index contributed by atoms with van der Waals surface area (Å²) in [5, 5.41) is 3.02. The van der Waals surface area contributed by atoms with Crippen molar-refractivity contribution in [2.75, 3.05) is 29.1 Å². The van der Waals surface area contributed by atoms with E-state index in [0.29, 0.717) is 42.3 Å². The monoisotopic (exact) mass is 542 g/mol. The maximum atomic E-state index is 12.4. The van der Waals surface area contributed by atoms with Gasteiger partial charge in [-0.15, -0.1) is 0 Å². The van der Waals surface area contributed by atoms with Gasteiger partial charge in [0.05, 0.1) is 34.6 Å². The van der Waals surface area contributed by atoms with Gasteiger partial charge in [-0.2, -0.15) is 0 Å². The maximum Gasteiger partial charge on any atom is 0.226 e. The first-order valence-electron chi connectivity index (χ1n) is 12.7. The molecule has 11 nitrogen and oxygen atoms in total. The molecule has 0 saturated carbocycles. The Labute approximate surface area is 224 Å². The van der Waals surface area contributed by atoms with E-state index in [4.69, 9.17) is 9.72 Å². The van der Waals surface area contributed by atoms with Crippen molar-refractivity contribution in [2.24, 2.45) is 13.0 Å². The lowest BCUT2D eigenvalue weighted by Gasteiger charge is -2.17. The largest absolute Gasteiger partial charge is 0.457 e. The molecule has 3 aromatic heterocycles. The Morgan fingerprint density at radius 1 is 1.03 bits per heavy atom. The van der Waals surface area contributed by atoms with Crippen molar-refractivity contribution in [2.45, 2.75) is 18.6 Å². The van der Waals surface area contributed by atoms with Crippen LogP contribution in [0.3, 0.4) is 0 Å². The Balaban J connectivity index is 1.13. The van der Waals surface area contributed by atoms with E-state index >= 15 is 0 Å². The molecule has 198 valence electrons. The molecule has 0 radical (unpaired) electrons. The summed E-state index contributed by atoms with van der Waals surface area (Å²) in [6.07, 6.45) is 5.61. The van der Waals surface area contributed by atoms with E-state index in [-0.39, 0.29) is 16.9 Å². The number of nitrogens with one attached hydrogen (secondary N) is 1. The summed E-state index contributed by atoms with van der Waals surface area (Å²) in [6.45, 7) is 3.04. The van der Waals surface area contributed by atoms with Gasteiger partial charge in [0.15, 0.2) is 15.7 Å². The number of rotatable bonds is 5. The third-order valence-corrected chi connectivity index (χ3v) is 9.89. The fourth-order valence-electron chi connectivity index (χ4n) is 5.53. The predicted molar refractivity (Wildman–Crippen MR) is 148 cm³/mol. The summed E-state index contributed by atoms with van der Waals surface area (Å²) >= 11 is 0. The fraction of sp³-hybridized carbons (Fsp3) is 0.296. The predicted octanol–water partition coefficient (Wildman–Crippen LogP) is 3.77. The van der Waals surface area contributed by atoms with E-state index in [1.165, 1.54) is 6.33 Å². The molecular weight excluding hydrogens is 516 g/mol. The zero-order valence-electron chi connectivity index (χ0n) is 21.4. The van der Waals surface area contributed by atoms with Crippen LogP contribution in [0, 0.1) is 12.8 Å². The molecule has 5 heterocycles. The van der Waals surface area contributed by atoms with Gasteiger partial charge < -0.3 is 19.5 Å². The summed E-state index contributed by atoms with van der Waals surface area (Å²) < 4.78 is 32.9. The number of ether oxygens (including phenoxy) is 1. The Kier molecular flexibility index (Phi) is 5.41. The van der Waals surface area contributed by atoms with Crippen LogP contribution >= 0.6 is 0 Å². The van der Waals surface area contributed by atoms with Crippen LogP contribution in [0.1, 0.15) is 12.0 Å². The Morgan fingerprint density at radius 2 is 1.92 bits per heavy atom. The van der Waals surface area contributed by atoms with Crippen molar-refractivity contribution in [3.8, 4) is 11.5 Å². The molecule has 2 atom stereocenters. The molecule has 12 heteroatoms. The van der Waals surface area contributed by atoms with Crippen LogP contribution in [0.5, 0.6) is 11.5 Å². The van der Waals surface area contributed by atoms with Crippen molar-refractivity contribution in [3.63, 3.8) is 0 Å². The standard InChI is InChI=1S/C27H26N8O3S/c1-16-9-18(3-6-23(16)38-19-4-5-22-20(10-19)31-15-34(22)2)32-26-25-21(29-14-30-26)11-28-27(33-25)35-12-17-7-8-39(36,37)24(17)13-35/h3-6,9-11,14-15,17,24H,7-8,12-13H2,1-2H3,(H,29,30,32)/t17-,24+/m1/s1. The average Bonchev–Trinajstić information content (AvgIpc) is 3.60. The first-order valence-corrected chi connectivity index (χ1v) is 14.5. The molecule has 0 spiro atoms. The zero-order valence-corrected chi connectivity index (χ0v) is 22.3. The normalized spacial score (nSPS) is 20.0. The van der Waals surface area contributed by atoms with E-state index in [1.807, 2.05) is 59.8 Å². The van der Waals surface area contributed by atoms with Crippen molar-refractivity contribution in [1.29, 1.82) is 0 Å². The highest BCUT2D eigenvalue weighted by atomic mass is 32.2. The van der Waals surface area contributed by atoms with Crippen LogP contribution in [0.4, 0.5) is 17.5 Å². The van der Waals surface area contributed by atoms with Crippen LogP contribution in [0.25, 0.3) is 22.1 Å². The molecule has 39 heavy (non-hydrogen) atoms. The van der Waals surface area contributed by atoms with Crippen molar-refractivity contribution < 1.29 is 13.2 Å². The van der Waals surface area contributed by atoms with Crippen LogP contribution in [-0.4, -0.2) is 62.0 Å². The van der Waals surface area contributed by atoms with Crippen molar-refractivity contribution in [1.82, 2.24) is 29.5 Å². The topological polar surface area (TPSA) is 128 Å². The Hall–Kier alpha value is -4.32. The summed E-state index contributed by atoms with van der Waals surface area (Å²) in [7, 11) is -1.08. The van der Waals surface area contributed by atoms with Crippen molar-refractivity contribution >= 4 is 49.4 Å². The third kappa shape index (κ3) is 4.20. The minimum Gasteiger partial charge on any atom is -0.457 e. The first kappa shape index (κ1) is 23.8. The maximum absolute atomic E-state index is 12.4. The van der Waals surface area contributed by atoms with Gasteiger partial charge in [0.25, 0.3) is 0 Å². The van der Waals surface area contributed by atoms with E-state index in [1.54, 1.807) is 12.5 Å². The van der Waals surface area contributed by atoms with Gasteiger partial charge in [0.1, 0.15) is 28.9 Å². The molecule has 1 N–H and O–H groups in total. The number of hydrogen-bond acceptors (Lipinski definition) is 10. The molecule has 7 rings (SSSR count). The van der Waals surface area contributed by atoms with Gasteiger partial charge in [0.2, 0.25) is 5.95 Å². The number of aryl methyl sites for hydroxylation is 2. The van der Waals surface area contributed by atoms with Gasteiger partial charge in [-0.3, -0.25) is 0 Å². The van der Waals surface area contributed by atoms with E-state index in [0.717, 1.165) is 33.8 Å². The number of imidazole rings is 1. The highest BCUT2D eigenvalue weighted by Crippen LogP contribution is 2.36. The van der Waals surface area contributed by atoms with E-state index < -0.39 is 9.84 Å². The minimum atomic E-state index is -3.04. The molecule has 2 fully saturated rings. The minimum absolute atomic E-state index is 0.133. The molecule has 5 aromatic rings. The Bertz CT molecular complexity index is 1860. The Morgan fingerprint density at radius 3 is 2.77 bits per heavy atom. The van der Waals surface area contributed by atoms with Crippen LogP contribution in [0.2, 0.25) is 0 Å². The van der Waals surface area contributed by atoms with Crippen LogP contribution in [0.15, 0.2) is 55.2 Å². The summed E-state index contributed by atoms with van der Waals surface area (Å²) in [5.74, 6) is 2.91. The van der Waals surface area contributed by atoms with Crippen LogP contribution < -0.4 is 15.0 Å². The second-order valence-corrected chi connectivity index (χ2v) is 12.5. The zero-order chi connectivity index (χ0) is 26.7.